The van der Waals surface area contributed by atoms with Gasteiger partial charge in [0, 0.05) is 5.56 Å². The average Bonchev–Trinajstić information content (AvgIpc) is 2.92. The van der Waals surface area contributed by atoms with Crippen molar-refractivity contribution in [3.05, 3.63) is 71.0 Å². The topological polar surface area (TPSA) is 33.6 Å². The number of hydrogen-bond acceptors (Lipinski definition) is 2. The third-order valence-corrected chi connectivity index (χ3v) is 3.91. The van der Waals surface area contributed by atoms with Crippen LogP contribution in [0.3, 0.4) is 0 Å². The van der Waals surface area contributed by atoms with Crippen molar-refractivity contribution in [1.82, 2.24) is 14.8 Å². The molecule has 3 aromatic rings. The summed E-state index contributed by atoms with van der Waals surface area (Å²) in [5.74, 6) is 0.885. The molecule has 0 aliphatic carbocycles. The van der Waals surface area contributed by atoms with Crippen LogP contribution in [0.15, 0.2) is 60.7 Å². The first kappa shape index (κ1) is 13.8. The van der Waals surface area contributed by atoms with E-state index in [0.717, 1.165) is 17.8 Å². The highest BCUT2D eigenvalue weighted by Crippen LogP contribution is 2.27. The van der Waals surface area contributed by atoms with Gasteiger partial charge in [-0.3, -0.25) is 9.67 Å². The van der Waals surface area contributed by atoms with Gasteiger partial charge in [0.15, 0.2) is 10.6 Å². The predicted molar refractivity (Wildman–Crippen MR) is 87.7 cm³/mol. The summed E-state index contributed by atoms with van der Waals surface area (Å²) in [7, 11) is 0. The van der Waals surface area contributed by atoms with Gasteiger partial charge in [-0.05, 0) is 24.2 Å². The Bertz CT molecular complexity index is 759. The van der Waals surface area contributed by atoms with Crippen LogP contribution in [0.2, 0.25) is 0 Å². The molecular weight excluding hydrogens is 278 g/mol. The normalized spacial score (nSPS) is 12.2. The van der Waals surface area contributed by atoms with Crippen LogP contribution in [-0.2, 0) is 0 Å². The third-order valence-electron chi connectivity index (χ3n) is 3.62. The number of hydrogen-bond donors (Lipinski definition) is 1. The van der Waals surface area contributed by atoms with Gasteiger partial charge >= 0.3 is 0 Å². The fraction of sp³-hybridized carbons (Fsp3) is 0.176. The van der Waals surface area contributed by atoms with E-state index in [1.165, 1.54) is 5.56 Å². The first-order chi connectivity index (χ1) is 10.3. The zero-order chi connectivity index (χ0) is 14.7. The Kier molecular flexibility index (Phi) is 3.97. The summed E-state index contributed by atoms with van der Waals surface area (Å²) < 4.78 is 2.77. The highest BCUT2D eigenvalue weighted by molar-refractivity contribution is 7.71. The van der Waals surface area contributed by atoms with Crippen molar-refractivity contribution < 1.29 is 0 Å². The van der Waals surface area contributed by atoms with Crippen LogP contribution in [0.4, 0.5) is 0 Å². The molecule has 0 fully saturated rings. The minimum Gasteiger partial charge on any atom is -0.293 e. The van der Waals surface area contributed by atoms with Gasteiger partial charge in [0.05, 0.1) is 6.04 Å². The number of aromatic amines is 1. The highest BCUT2D eigenvalue weighted by atomic mass is 32.1. The van der Waals surface area contributed by atoms with E-state index in [9.17, 15) is 0 Å². The molecule has 1 heterocycles. The lowest BCUT2D eigenvalue weighted by atomic mass is 10.0. The second-order valence-electron chi connectivity index (χ2n) is 4.92. The van der Waals surface area contributed by atoms with Gasteiger partial charge in [-0.1, -0.05) is 67.6 Å². The van der Waals surface area contributed by atoms with Crippen LogP contribution in [0, 0.1) is 4.77 Å². The molecule has 1 N–H and O–H groups in total. The third kappa shape index (κ3) is 2.67. The maximum Gasteiger partial charge on any atom is 0.196 e. The van der Waals surface area contributed by atoms with Gasteiger partial charge < -0.3 is 0 Å². The molecule has 4 heteroatoms. The molecule has 0 spiro atoms. The summed E-state index contributed by atoms with van der Waals surface area (Å²) in [6.45, 7) is 2.17. The van der Waals surface area contributed by atoms with Crippen molar-refractivity contribution in [3.8, 4) is 11.4 Å². The van der Waals surface area contributed by atoms with Crippen molar-refractivity contribution in [1.29, 1.82) is 0 Å². The van der Waals surface area contributed by atoms with E-state index in [1.807, 2.05) is 24.3 Å². The zero-order valence-corrected chi connectivity index (χ0v) is 12.7. The summed E-state index contributed by atoms with van der Waals surface area (Å²) in [5.41, 5.74) is 2.31. The minimum atomic E-state index is 0.188. The van der Waals surface area contributed by atoms with Crippen LogP contribution in [-0.4, -0.2) is 14.8 Å². The first-order valence-electron chi connectivity index (χ1n) is 7.08. The Labute approximate surface area is 129 Å². The van der Waals surface area contributed by atoms with E-state index < -0.39 is 0 Å². The summed E-state index contributed by atoms with van der Waals surface area (Å²) in [6.07, 6.45) is 0.956. The molecule has 0 saturated carbocycles. The molecular formula is C17H17N3S. The quantitative estimate of drug-likeness (QED) is 0.713. The largest absolute Gasteiger partial charge is 0.293 e. The van der Waals surface area contributed by atoms with Gasteiger partial charge in [0.1, 0.15) is 0 Å². The van der Waals surface area contributed by atoms with E-state index in [1.54, 1.807) is 0 Å². The predicted octanol–water partition coefficient (Wildman–Crippen LogP) is 4.61. The summed E-state index contributed by atoms with van der Waals surface area (Å²) in [6, 6.07) is 20.8. The maximum atomic E-state index is 5.46. The molecule has 0 aliphatic rings. The van der Waals surface area contributed by atoms with Crippen molar-refractivity contribution in [3.63, 3.8) is 0 Å². The highest BCUT2D eigenvalue weighted by Gasteiger charge is 2.18. The molecule has 0 bridgehead atoms. The zero-order valence-electron chi connectivity index (χ0n) is 11.9. The van der Waals surface area contributed by atoms with E-state index >= 15 is 0 Å². The molecule has 1 unspecified atom stereocenters. The molecule has 0 saturated heterocycles. The molecule has 21 heavy (non-hydrogen) atoms. The Morgan fingerprint density at radius 3 is 2.29 bits per heavy atom. The second kappa shape index (κ2) is 6.06. The standard InChI is InChI=1S/C17H17N3S/c1-2-15(13-9-5-3-6-10-13)20-16(18-19-17(20)21)14-11-7-4-8-12-14/h3-12,15H,2H2,1H3,(H,19,21). The second-order valence-corrected chi connectivity index (χ2v) is 5.31. The van der Waals surface area contributed by atoms with Crippen LogP contribution in [0.5, 0.6) is 0 Å². The maximum absolute atomic E-state index is 5.46. The summed E-state index contributed by atoms with van der Waals surface area (Å²) in [4.78, 5) is 0. The van der Waals surface area contributed by atoms with Crippen LogP contribution in [0.1, 0.15) is 24.9 Å². The Hall–Kier alpha value is -2.20. The minimum absolute atomic E-state index is 0.188. The Balaban J connectivity index is 2.14. The Morgan fingerprint density at radius 2 is 1.67 bits per heavy atom. The molecule has 0 radical (unpaired) electrons. The van der Waals surface area contributed by atoms with Crippen molar-refractivity contribution in [2.24, 2.45) is 0 Å². The van der Waals surface area contributed by atoms with Gasteiger partial charge in [-0.25, -0.2) is 0 Å². The SMILES string of the molecule is CCC(c1ccccc1)n1c(-c2ccccc2)n[nH]c1=S. The number of H-pyrrole nitrogens is 1. The van der Waals surface area contributed by atoms with Gasteiger partial charge in [-0.15, -0.1) is 0 Å². The first-order valence-corrected chi connectivity index (χ1v) is 7.49. The molecule has 1 aromatic heterocycles. The van der Waals surface area contributed by atoms with Crippen LogP contribution >= 0.6 is 12.2 Å². The van der Waals surface area contributed by atoms with E-state index in [-0.39, 0.29) is 6.04 Å². The lowest BCUT2D eigenvalue weighted by Crippen LogP contribution is -2.11. The molecule has 106 valence electrons. The lowest BCUT2D eigenvalue weighted by molar-refractivity contribution is 0.564. The monoisotopic (exact) mass is 295 g/mol. The van der Waals surface area contributed by atoms with Gasteiger partial charge in [0.2, 0.25) is 0 Å². The molecule has 2 aromatic carbocycles. The molecule has 3 nitrogen and oxygen atoms in total. The van der Waals surface area contributed by atoms with Crippen molar-refractivity contribution in [2.45, 2.75) is 19.4 Å². The van der Waals surface area contributed by atoms with Crippen LogP contribution < -0.4 is 0 Å². The number of aromatic nitrogens is 3. The molecule has 1 atom stereocenters. The average molecular weight is 295 g/mol. The fourth-order valence-corrected chi connectivity index (χ4v) is 2.89. The smallest absolute Gasteiger partial charge is 0.196 e. The van der Waals surface area contributed by atoms with E-state index in [4.69, 9.17) is 12.2 Å². The van der Waals surface area contributed by atoms with E-state index in [2.05, 4.69) is 58.1 Å². The van der Waals surface area contributed by atoms with Crippen molar-refractivity contribution in [2.75, 3.05) is 0 Å². The molecule has 0 amide bonds. The summed E-state index contributed by atoms with van der Waals surface area (Å²) in [5, 5.41) is 7.36. The molecule has 0 aliphatic heterocycles. The number of benzene rings is 2. The Morgan fingerprint density at radius 1 is 1.05 bits per heavy atom. The number of rotatable bonds is 4. The van der Waals surface area contributed by atoms with Gasteiger partial charge in [0.25, 0.3) is 0 Å². The van der Waals surface area contributed by atoms with Crippen molar-refractivity contribution >= 4 is 12.2 Å². The van der Waals surface area contributed by atoms with Crippen LogP contribution in [0.25, 0.3) is 11.4 Å². The number of nitrogens with one attached hydrogen (secondary N) is 1. The molecule has 3 rings (SSSR count). The fourth-order valence-electron chi connectivity index (χ4n) is 2.63. The van der Waals surface area contributed by atoms with E-state index in [0.29, 0.717) is 4.77 Å². The lowest BCUT2D eigenvalue weighted by Gasteiger charge is -2.19. The van der Waals surface area contributed by atoms with Gasteiger partial charge in [-0.2, -0.15) is 5.10 Å². The number of nitrogens with zero attached hydrogens (tertiary/aromatic N) is 2. The summed E-state index contributed by atoms with van der Waals surface area (Å²) >= 11 is 5.46.